The Hall–Kier alpha value is -0.160. The van der Waals surface area contributed by atoms with Gasteiger partial charge >= 0.3 is 0 Å². The quantitative estimate of drug-likeness (QED) is 0.566. The van der Waals surface area contributed by atoms with Crippen LogP contribution in [0.25, 0.3) is 0 Å². The van der Waals surface area contributed by atoms with E-state index in [2.05, 4.69) is 10.2 Å². The molecule has 0 saturated heterocycles. The third-order valence-corrected chi connectivity index (χ3v) is 2.53. The highest BCUT2D eigenvalue weighted by molar-refractivity contribution is 4.85. The Morgan fingerprint density at radius 3 is 2.79 bits per heavy atom. The number of nitrogens with one attached hydrogen (secondary N) is 1. The number of aliphatic hydroxyl groups excluding tert-OH is 1. The maximum atomic E-state index is 9.65. The molecule has 4 nitrogen and oxygen atoms in total. The first-order valence-electron chi connectivity index (χ1n) is 5.33. The minimum atomic E-state index is -0.266. The normalized spacial score (nSPS) is 18.9. The van der Waals surface area contributed by atoms with Crippen molar-refractivity contribution in [3.8, 4) is 0 Å². The molecular formula is C10H22N2O2. The van der Waals surface area contributed by atoms with Crippen molar-refractivity contribution in [3.05, 3.63) is 0 Å². The minimum Gasteiger partial charge on any atom is -0.390 e. The van der Waals surface area contributed by atoms with Crippen LogP contribution in [0.4, 0.5) is 0 Å². The molecule has 0 aromatic carbocycles. The van der Waals surface area contributed by atoms with Gasteiger partial charge in [-0.15, -0.1) is 0 Å². The van der Waals surface area contributed by atoms with Crippen molar-refractivity contribution in [2.45, 2.75) is 25.0 Å². The molecule has 2 N–H and O–H groups in total. The van der Waals surface area contributed by atoms with Crippen molar-refractivity contribution >= 4 is 0 Å². The highest BCUT2D eigenvalue weighted by Gasteiger charge is 2.29. The molecule has 0 aliphatic heterocycles. The van der Waals surface area contributed by atoms with E-state index in [9.17, 15) is 5.11 Å². The van der Waals surface area contributed by atoms with E-state index in [-0.39, 0.29) is 6.10 Å². The lowest BCUT2D eigenvalue weighted by molar-refractivity contribution is 0.0852. The van der Waals surface area contributed by atoms with Crippen molar-refractivity contribution in [2.75, 3.05) is 40.4 Å². The molecule has 0 spiro atoms. The summed E-state index contributed by atoms with van der Waals surface area (Å²) in [7, 11) is 3.58. The molecule has 1 rings (SSSR count). The van der Waals surface area contributed by atoms with Gasteiger partial charge in [-0.05, 0) is 19.9 Å². The Kier molecular flexibility index (Phi) is 5.40. The summed E-state index contributed by atoms with van der Waals surface area (Å²) in [5.41, 5.74) is 0. The number of nitrogens with zero attached hydrogens (tertiary/aromatic N) is 1. The Labute approximate surface area is 86.2 Å². The van der Waals surface area contributed by atoms with E-state index in [1.165, 1.54) is 12.8 Å². The number of rotatable bonds is 8. The second kappa shape index (κ2) is 6.35. The Morgan fingerprint density at radius 1 is 1.57 bits per heavy atom. The molecule has 84 valence electrons. The van der Waals surface area contributed by atoms with Crippen LogP contribution in [0, 0.1) is 0 Å². The van der Waals surface area contributed by atoms with E-state index in [0.29, 0.717) is 12.6 Å². The van der Waals surface area contributed by atoms with Crippen LogP contribution in [0.5, 0.6) is 0 Å². The summed E-state index contributed by atoms with van der Waals surface area (Å²) >= 11 is 0. The molecule has 0 amide bonds. The van der Waals surface area contributed by atoms with Crippen LogP contribution in [-0.4, -0.2) is 62.6 Å². The zero-order valence-corrected chi connectivity index (χ0v) is 9.20. The Balaban J connectivity index is 2.20. The fraction of sp³-hybridized carbons (Fsp3) is 1.00. The molecule has 4 heteroatoms. The summed E-state index contributed by atoms with van der Waals surface area (Å²) in [5.74, 6) is 0. The average Bonchev–Trinajstić information content (AvgIpc) is 2.95. The third kappa shape index (κ3) is 4.37. The van der Waals surface area contributed by atoms with Crippen LogP contribution in [0.15, 0.2) is 0 Å². The van der Waals surface area contributed by atoms with Crippen molar-refractivity contribution in [1.29, 1.82) is 0 Å². The standard InChI is InChI=1S/C10H22N2O2/c1-11-7-10(13)8-12(5-6-14-2)9-3-4-9/h9-11,13H,3-8H2,1-2H3. The maximum absolute atomic E-state index is 9.65. The molecule has 1 saturated carbocycles. The van der Waals surface area contributed by atoms with Gasteiger partial charge in [0.2, 0.25) is 0 Å². The molecule has 0 aromatic rings. The SMILES string of the molecule is CNCC(O)CN(CCOC)C1CC1. The summed E-state index contributed by atoms with van der Waals surface area (Å²) in [6.45, 7) is 3.11. The second-order valence-corrected chi connectivity index (χ2v) is 3.93. The van der Waals surface area contributed by atoms with E-state index in [0.717, 1.165) is 19.7 Å². The summed E-state index contributed by atoms with van der Waals surface area (Å²) in [6.07, 6.45) is 2.28. The van der Waals surface area contributed by atoms with E-state index in [1.807, 2.05) is 7.05 Å². The van der Waals surface area contributed by atoms with Gasteiger partial charge in [-0.2, -0.15) is 0 Å². The number of methoxy groups -OCH3 is 1. The first-order chi connectivity index (χ1) is 6.77. The van der Waals surface area contributed by atoms with Gasteiger partial charge in [0.15, 0.2) is 0 Å². The van der Waals surface area contributed by atoms with Gasteiger partial charge in [0.1, 0.15) is 0 Å². The summed E-state index contributed by atoms with van der Waals surface area (Å²) in [4.78, 5) is 2.32. The zero-order valence-electron chi connectivity index (χ0n) is 9.20. The predicted molar refractivity (Wildman–Crippen MR) is 56.4 cm³/mol. The van der Waals surface area contributed by atoms with Gasteiger partial charge in [-0.25, -0.2) is 0 Å². The first-order valence-corrected chi connectivity index (χ1v) is 5.33. The lowest BCUT2D eigenvalue weighted by atomic mass is 10.3. The van der Waals surface area contributed by atoms with E-state index >= 15 is 0 Å². The topological polar surface area (TPSA) is 44.7 Å². The number of hydrogen-bond acceptors (Lipinski definition) is 4. The summed E-state index contributed by atoms with van der Waals surface area (Å²) in [5, 5.41) is 12.6. The Morgan fingerprint density at radius 2 is 2.29 bits per heavy atom. The molecule has 0 aromatic heterocycles. The molecule has 14 heavy (non-hydrogen) atoms. The maximum Gasteiger partial charge on any atom is 0.0791 e. The molecule has 1 fully saturated rings. The third-order valence-electron chi connectivity index (χ3n) is 2.53. The van der Waals surface area contributed by atoms with Gasteiger partial charge in [0, 0.05) is 32.8 Å². The fourth-order valence-electron chi connectivity index (χ4n) is 1.64. The van der Waals surface area contributed by atoms with Crippen LogP contribution < -0.4 is 5.32 Å². The lowest BCUT2D eigenvalue weighted by Crippen LogP contribution is -2.40. The van der Waals surface area contributed by atoms with Crippen LogP contribution in [0.2, 0.25) is 0 Å². The van der Waals surface area contributed by atoms with Gasteiger partial charge in [-0.1, -0.05) is 0 Å². The molecule has 0 radical (unpaired) electrons. The molecule has 1 unspecified atom stereocenters. The van der Waals surface area contributed by atoms with Crippen LogP contribution in [0.1, 0.15) is 12.8 Å². The summed E-state index contributed by atoms with van der Waals surface area (Å²) < 4.78 is 5.05. The number of aliphatic hydroxyl groups is 1. The van der Waals surface area contributed by atoms with Crippen molar-refractivity contribution in [1.82, 2.24) is 10.2 Å². The predicted octanol–water partition coefficient (Wildman–Crippen LogP) is -0.323. The molecule has 0 heterocycles. The largest absolute Gasteiger partial charge is 0.390 e. The molecule has 1 aliphatic rings. The van der Waals surface area contributed by atoms with Crippen molar-refractivity contribution in [3.63, 3.8) is 0 Å². The van der Waals surface area contributed by atoms with Crippen LogP contribution in [-0.2, 0) is 4.74 Å². The van der Waals surface area contributed by atoms with Gasteiger partial charge in [0.05, 0.1) is 12.7 Å². The lowest BCUT2D eigenvalue weighted by Gasteiger charge is -2.24. The van der Waals surface area contributed by atoms with E-state index in [1.54, 1.807) is 7.11 Å². The van der Waals surface area contributed by atoms with E-state index in [4.69, 9.17) is 4.74 Å². The monoisotopic (exact) mass is 202 g/mol. The van der Waals surface area contributed by atoms with E-state index < -0.39 is 0 Å². The average molecular weight is 202 g/mol. The highest BCUT2D eigenvalue weighted by Crippen LogP contribution is 2.26. The summed E-state index contributed by atoms with van der Waals surface area (Å²) in [6, 6.07) is 0.691. The molecule has 1 atom stereocenters. The molecular weight excluding hydrogens is 180 g/mol. The Bertz CT molecular complexity index is 151. The van der Waals surface area contributed by atoms with Gasteiger partial charge < -0.3 is 15.2 Å². The van der Waals surface area contributed by atoms with Crippen molar-refractivity contribution < 1.29 is 9.84 Å². The number of likely N-dealkylation sites (N-methyl/N-ethyl adjacent to an activating group) is 1. The van der Waals surface area contributed by atoms with Crippen LogP contribution in [0.3, 0.4) is 0 Å². The van der Waals surface area contributed by atoms with Gasteiger partial charge in [0.25, 0.3) is 0 Å². The first kappa shape index (κ1) is 11.9. The van der Waals surface area contributed by atoms with Gasteiger partial charge in [-0.3, -0.25) is 4.90 Å². The fourth-order valence-corrected chi connectivity index (χ4v) is 1.64. The van der Waals surface area contributed by atoms with Crippen LogP contribution >= 0.6 is 0 Å². The molecule has 1 aliphatic carbocycles. The smallest absolute Gasteiger partial charge is 0.0791 e. The minimum absolute atomic E-state index is 0.266. The molecule has 0 bridgehead atoms. The second-order valence-electron chi connectivity index (χ2n) is 3.93. The highest BCUT2D eigenvalue weighted by atomic mass is 16.5. The number of hydrogen-bond donors (Lipinski definition) is 2. The number of ether oxygens (including phenoxy) is 1. The zero-order chi connectivity index (χ0) is 10.4. The van der Waals surface area contributed by atoms with Crippen molar-refractivity contribution in [2.24, 2.45) is 0 Å².